The van der Waals surface area contributed by atoms with Crippen molar-refractivity contribution in [2.75, 3.05) is 61.6 Å². The second-order valence-electron chi connectivity index (χ2n) is 10.3. The van der Waals surface area contributed by atoms with Crippen LogP contribution >= 0.6 is 0 Å². The fraction of sp³-hybridized carbons (Fsp3) is 0.433. The average Bonchev–Trinajstić information content (AvgIpc) is 2.98. The molecule has 0 saturated carbocycles. The summed E-state index contributed by atoms with van der Waals surface area (Å²) < 4.78 is 10.3. The van der Waals surface area contributed by atoms with Crippen LogP contribution in [0.1, 0.15) is 25.7 Å². The molecule has 3 heterocycles. The first-order valence-electron chi connectivity index (χ1n) is 13.9. The fourth-order valence-electron chi connectivity index (χ4n) is 5.77. The summed E-state index contributed by atoms with van der Waals surface area (Å²) in [5.41, 5.74) is 1.93. The Morgan fingerprint density at radius 2 is 1.65 bits per heavy atom. The summed E-state index contributed by atoms with van der Waals surface area (Å²) in [6.07, 6.45) is 3.45. The van der Waals surface area contributed by atoms with Crippen molar-refractivity contribution in [3.63, 3.8) is 0 Å². The topological polar surface area (TPSA) is 112 Å². The van der Waals surface area contributed by atoms with Crippen LogP contribution in [0.15, 0.2) is 65.9 Å². The van der Waals surface area contributed by atoms with Crippen LogP contribution in [0.4, 0.5) is 21.9 Å². The lowest BCUT2D eigenvalue weighted by atomic mass is 9.82. The number of benzene rings is 2. The van der Waals surface area contributed by atoms with E-state index in [9.17, 15) is 19.5 Å². The number of hydrogen-bond acceptors (Lipinski definition) is 7. The molecule has 0 bridgehead atoms. The van der Waals surface area contributed by atoms with Gasteiger partial charge in [-0.1, -0.05) is 18.2 Å². The van der Waals surface area contributed by atoms with Gasteiger partial charge in [-0.3, -0.25) is 9.59 Å². The summed E-state index contributed by atoms with van der Waals surface area (Å²) in [4.78, 5) is 45.5. The number of carbonyl (C=O) groups is 3. The number of anilines is 3. The lowest BCUT2D eigenvalue weighted by Gasteiger charge is -2.46. The van der Waals surface area contributed by atoms with Crippen LogP contribution in [0.5, 0.6) is 0 Å². The highest BCUT2D eigenvalue weighted by Crippen LogP contribution is 2.38. The van der Waals surface area contributed by atoms with Gasteiger partial charge in [0.1, 0.15) is 17.9 Å². The molecule has 40 heavy (non-hydrogen) atoms. The van der Waals surface area contributed by atoms with Crippen molar-refractivity contribution in [1.29, 1.82) is 0 Å². The van der Waals surface area contributed by atoms with Crippen LogP contribution in [0.2, 0.25) is 0 Å². The lowest BCUT2D eigenvalue weighted by molar-refractivity contribution is -0.121. The molecular formula is C30H36N4O6. The van der Waals surface area contributed by atoms with E-state index in [4.69, 9.17) is 9.47 Å². The number of aliphatic hydroxyl groups excluding tert-OH is 1. The van der Waals surface area contributed by atoms with Crippen molar-refractivity contribution in [2.24, 2.45) is 5.92 Å². The summed E-state index contributed by atoms with van der Waals surface area (Å²) in [5, 5.41) is 14.1. The molecule has 2 saturated heterocycles. The molecule has 2 N–H and O–H groups in total. The van der Waals surface area contributed by atoms with Crippen molar-refractivity contribution >= 4 is 35.0 Å². The minimum atomic E-state index is -0.693. The highest BCUT2D eigenvalue weighted by Gasteiger charge is 2.48. The van der Waals surface area contributed by atoms with Crippen LogP contribution < -0.4 is 15.1 Å². The summed E-state index contributed by atoms with van der Waals surface area (Å²) in [6.45, 7) is 2.85. The predicted molar refractivity (Wildman–Crippen MR) is 151 cm³/mol. The molecule has 3 aliphatic heterocycles. The van der Waals surface area contributed by atoms with Gasteiger partial charge in [0.05, 0.1) is 18.6 Å². The van der Waals surface area contributed by atoms with E-state index >= 15 is 0 Å². The quantitative estimate of drug-likeness (QED) is 0.398. The Morgan fingerprint density at radius 1 is 0.950 bits per heavy atom. The Bertz CT molecular complexity index is 1240. The summed E-state index contributed by atoms with van der Waals surface area (Å²) >= 11 is 0. The first kappa shape index (κ1) is 27.5. The molecule has 10 heteroatoms. The van der Waals surface area contributed by atoms with Gasteiger partial charge in [0.2, 0.25) is 0 Å². The number of amides is 3. The van der Waals surface area contributed by atoms with Gasteiger partial charge in [-0.25, -0.2) is 4.79 Å². The molecule has 3 amide bonds. The third kappa shape index (κ3) is 5.77. The standard InChI is InChI=1S/C30H36N4O6/c1-39-18-19-40-30(38)33-17-14-25-24(20-33)27(35)26(28(36)31-21-8-4-2-5-9-21)29(37)34(25)23-12-10-22(11-13-23)32-15-6-3-7-16-32/h2,4-5,8-13,24-25,35H,3,6-7,14-20H2,1H3,(H,31,36)/t24-,25-/m1/s1. The number of nitrogens with one attached hydrogen (secondary N) is 1. The zero-order valence-electron chi connectivity index (χ0n) is 22.8. The molecule has 2 atom stereocenters. The molecule has 0 radical (unpaired) electrons. The van der Waals surface area contributed by atoms with E-state index in [0.717, 1.165) is 31.6 Å². The predicted octanol–water partition coefficient (Wildman–Crippen LogP) is 3.95. The molecule has 212 valence electrons. The van der Waals surface area contributed by atoms with Gasteiger partial charge >= 0.3 is 6.09 Å². The highest BCUT2D eigenvalue weighted by molar-refractivity contribution is 6.28. The first-order chi connectivity index (χ1) is 19.5. The van der Waals surface area contributed by atoms with Gasteiger partial charge in [0, 0.05) is 50.4 Å². The second kappa shape index (κ2) is 12.4. The van der Waals surface area contributed by atoms with Crippen LogP contribution in [-0.4, -0.2) is 80.5 Å². The van der Waals surface area contributed by atoms with Gasteiger partial charge in [0.15, 0.2) is 0 Å². The minimum Gasteiger partial charge on any atom is -0.511 e. The maximum Gasteiger partial charge on any atom is 0.409 e. The SMILES string of the molecule is COCCOC(=O)N1CC[C@@H]2[C@@H](C1)C(O)=C(C(=O)Nc1ccccc1)C(=O)N2c1ccc(N2CCCCC2)cc1. The summed E-state index contributed by atoms with van der Waals surface area (Å²) in [7, 11) is 1.52. The maximum absolute atomic E-state index is 13.9. The zero-order chi connectivity index (χ0) is 28.1. The Hall–Kier alpha value is -4.05. The smallest absolute Gasteiger partial charge is 0.409 e. The van der Waals surface area contributed by atoms with Gasteiger partial charge in [0.25, 0.3) is 11.8 Å². The number of ether oxygens (including phenoxy) is 2. The van der Waals surface area contributed by atoms with E-state index in [0.29, 0.717) is 24.3 Å². The van der Waals surface area contributed by atoms with Gasteiger partial charge < -0.3 is 34.6 Å². The molecule has 2 aromatic carbocycles. The normalized spacial score (nSPS) is 21.2. The Morgan fingerprint density at radius 3 is 2.35 bits per heavy atom. The first-order valence-corrected chi connectivity index (χ1v) is 13.9. The van der Waals surface area contributed by atoms with Crippen LogP contribution in [-0.2, 0) is 19.1 Å². The number of carbonyl (C=O) groups excluding carboxylic acids is 3. The summed E-state index contributed by atoms with van der Waals surface area (Å²) in [6, 6.07) is 16.2. The largest absolute Gasteiger partial charge is 0.511 e. The van der Waals surface area contributed by atoms with Crippen LogP contribution in [0, 0.1) is 5.92 Å². The van der Waals surface area contributed by atoms with Crippen molar-refractivity contribution < 1.29 is 29.0 Å². The van der Waals surface area contributed by atoms with E-state index in [2.05, 4.69) is 10.2 Å². The number of rotatable bonds is 7. The number of fused-ring (bicyclic) bond motifs is 1. The number of likely N-dealkylation sites (tertiary alicyclic amines) is 1. The third-order valence-corrected chi connectivity index (χ3v) is 7.83. The van der Waals surface area contributed by atoms with Crippen molar-refractivity contribution in [1.82, 2.24) is 4.90 Å². The van der Waals surface area contributed by atoms with Crippen molar-refractivity contribution in [2.45, 2.75) is 31.7 Å². The molecule has 0 aromatic heterocycles. The molecular weight excluding hydrogens is 512 g/mol. The van der Waals surface area contributed by atoms with E-state index in [1.807, 2.05) is 30.3 Å². The van der Waals surface area contributed by atoms with Crippen LogP contribution in [0.3, 0.4) is 0 Å². The number of methoxy groups -OCH3 is 1. The number of hydrogen-bond donors (Lipinski definition) is 2. The molecule has 2 aromatic rings. The van der Waals surface area contributed by atoms with E-state index in [1.165, 1.54) is 18.4 Å². The maximum atomic E-state index is 13.9. The molecule has 3 aliphatic rings. The zero-order valence-corrected chi connectivity index (χ0v) is 22.8. The van der Waals surface area contributed by atoms with Crippen molar-refractivity contribution in [3.8, 4) is 0 Å². The number of piperidine rings is 2. The number of para-hydroxylation sites is 1. The van der Waals surface area contributed by atoms with Crippen molar-refractivity contribution in [3.05, 3.63) is 65.9 Å². The summed E-state index contributed by atoms with van der Waals surface area (Å²) in [5.74, 6) is -2.21. The number of aliphatic hydroxyl groups is 1. The van der Waals surface area contributed by atoms with Gasteiger partial charge in [-0.05, 0) is 62.1 Å². The van der Waals surface area contributed by atoms with E-state index in [1.54, 1.807) is 29.2 Å². The molecule has 5 rings (SSSR count). The van der Waals surface area contributed by atoms with Gasteiger partial charge in [-0.15, -0.1) is 0 Å². The second-order valence-corrected chi connectivity index (χ2v) is 10.3. The highest BCUT2D eigenvalue weighted by atomic mass is 16.6. The minimum absolute atomic E-state index is 0.111. The number of nitrogens with zero attached hydrogens (tertiary/aromatic N) is 3. The Labute approximate surface area is 234 Å². The molecule has 0 aliphatic carbocycles. The fourth-order valence-corrected chi connectivity index (χ4v) is 5.77. The third-order valence-electron chi connectivity index (χ3n) is 7.83. The molecule has 0 unspecified atom stereocenters. The lowest BCUT2D eigenvalue weighted by Crippen LogP contribution is -2.59. The monoisotopic (exact) mass is 548 g/mol. The average molecular weight is 549 g/mol. The Balaban J connectivity index is 1.44. The molecule has 10 nitrogen and oxygen atoms in total. The Kier molecular flexibility index (Phi) is 8.54. The van der Waals surface area contributed by atoms with E-state index < -0.39 is 29.9 Å². The van der Waals surface area contributed by atoms with Gasteiger partial charge in [-0.2, -0.15) is 0 Å². The van der Waals surface area contributed by atoms with Crippen LogP contribution in [0.25, 0.3) is 0 Å². The van der Waals surface area contributed by atoms with E-state index in [-0.39, 0.29) is 31.1 Å². The molecule has 2 fully saturated rings. The molecule has 0 spiro atoms.